The number of rotatable bonds is 3. The highest BCUT2D eigenvalue weighted by Gasteiger charge is 2.39. The van der Waals surface area contributed by atoms with Gasteiger partial charge >= 0.3 is 0 Å². The molecule has 1 saturated carbocycles. The third-order valence-corrected chi connectivity index (χ3v) is 3.98. The Morgan fingerprint density at radius 2 is 1.76 bits per heavy atom. The predicted octanol–water partition coefficient (Wildman–Crippen LogP) is 3.31. The van der Waals surface area contributed by atoms with Crippen LogP contribution >= 0.6 is 0 Å². The minimum atomic E-state index is -1.02. The molecule has 0 radical (unpaired) electrons. The maximum Gasteiger partial charge on any atom is 0.132 e. The Balaban J connectivity index is 2.21. The van der Waals surface area contributed by atoms with Gasteiger partial charge < -0.3 is 10.8 Å². The van der Waals surface area contributed by atoms with Crippen molar-refractivity contribution in [2.24, 2.45) is 11.1 Å². The van der Waals surface area contributed by atoms with Crippen LogP contribution in [0.4, 0.5) is 4.39 Å². The molecule has 0 aliphatic heterocycles. The summed E-state index contributed by atoms with van der Waals surface area (Å²) in [6.45, 7) is 0.398. The molecule has 1 aliphatic rings. The number of benzene rings is 1. The summed E-state index contributed by atoms with van der Waals surface area (Å²) >= 11 is 0. The monoisotopic (exact) mass is 237 g/mol. The van der Waals surface area contributed by atoms with Gasteiger partial charge in [0.25, 0.3) is 0 Å². The lowest BCUT2D eigenvalue weighted by Crippen LogP contribution is -2.37. The summed E-state index contributed by atoms with van der Waals surface area (Å²) in [5, 5.41) is 9.22. The molecule has 1 aliphatic carbocycles. The highest BCUT2D eigenvalue weighted by Crippen LogP contribution is 2.47. The third kappa shape index (κ3) is 2.44. The van der Waals surface area contributed by atoms with Crippen molar-refractivity contribution in [3.63, 3.8) is 0 Å². The minimum Gasteiger partial charge on any atom is -0.508 e. The van der Waals surface area contributed by atoms with E-state index in [4.69, 9.17) is 5.73 Å². The lowest BCUT2D eigenvalue weighted by molar-refractivity contribution is 0.0677. The van der Waals surface area contributed by atoms with Crippen molar-refractivity contribution in [2.75, 3.05) is 6.54 Å². The predicted molar refractivity (Wildman–Crippen MR) is 66.5 cm³/mol. The van der Waals surface area contributed by atoms with Crippen molar-refractivity contribution >= 4 is 0 Å². The summed E-state index contributed by atoms with van der Waals surface area (Å²) in [7, 11) is 0. The molecule has 0 heterocycles. The number of phenols is 1. The van der Waals surface area contributed by atoms with Gasteiger partial charge in [0, 0.05) is 12.0 Å². The lowest BCUT2D eigenvalue weighted by atomic mass is 9.69. The van der Waals surface area contributed by atoms with Crippen molar-refractivity contribution < 1.29 is 9.50 Å². The van der Waals surface area contributed by atoms with Gasteiger partial charge in [-0.15, -0.1) is 0 Å². The Labute approximate surface area is 102 Å². The van der Waals surface area contributed by atoms with Crippen LogP contribution in [-0.2, 0) is 0 Å². The van der Waals surface area contributed by atoms with Crippen molar-refractivity contribution in [3.8, 4) is 5.75 Å². The zero-order valence-corrected chi connectivity index (χ0v) is 10.0. The first-order chi connectivity index (χ1) is 8.18. The smallest absolute Gasteiger partial charge is 0.132 e. The number of alkyl halides is 1. The Hall–Kier alpha value is -1.09. The van der Waals surface area contributed by atoms with E-state index in [0.717, 1.165) is 25.7 Å². The first-order valence-electron chi connectivity index (χ1n) is 6.31. The minimum absolute atomic E-state index is 0.173. The molecule has 1 fully saturated rings. The number of aromatic hydroxyl groups is 1. The van der Waals surface area contributed by atoms with Crippen LogP contribution in [0.5, 0.6) is 5.75 Å². The van der Waals surface area contributed by atoms with Crippen molar-refractivity contribution in [2.45, 2.75) is 38.3 Å². The van der Waals surface area contributed by atoms with Crippen LogP contribution in [0, 0.1) is 5.41 Å². The zero-order chi connectivity index (χ0) is 12.3. The van der Waals surface area contributed by atoms with Crippen LogP contribution < -0.4 is 5.73 Å². The summed E-state index contributed by atoms with van der Waals surface area (Å²) in [6, 6.07) is 6.39. The van der Waals surface area contributed by atoms with Crippen LogP contribution in [0.3, 0.4) is 0 Å². The number of nitrogens with two attached hydrogens (primary N) is 1. The fraction of sp³-hybridized carbons (Fsp3) is 0.571. The first-order valence-corrected chi connectivity index (χ1v) is 6.31. The van der Waals surface area contributed by atoms with Crippen LogP contribution in [0.15, 0.2) is 24.3 Å². The van der Waals surface area contributed by atoms with Gasteiger partial charge in [0.2, 0.25) is 0 Å². The molecule has 0 aromatic heterocycles. The second kappa shape index (κ2) is 5.05. The van der Waals surface area contributed by atoms with E-state index >= 15 is 0 Å². The molecule has 1 aromatic rings. The van der Waals surface area contributed by atoms with Gasteiger partial charge in [0.1, 0.15) is 11.9 Å². The molecular formula is C14H20FNO. The second-order valence-electron chi connectivity index (χ2n) is 5.08. The highest BCUT2D eigenvalue weighted by molar-refractivity contribution is 5.28. The van der Waals surface area contributed by atoms with E-state index in [1.165, 1.54) is 18.6 Å². The Bertz CT molecular complexity index is 357. The van der Waals surface area contributed by atoms with E-state index < -0.39 is 11.6 Å². The zero-order valence-electron chi connectivity index (χ0n) is 10.0. The van der Waals surface area contributed by atoms with Gasteiger partial charge in [0.05, 0.1) is 0 Å². The van der Waals surface area contributed by atoms with E-state index in [9.17, 15) is 9.50 Å². The average molecular weight is 237 g/mol. The molecule has 2 nitrogen and oxygen atoms in total. The normalized spacial score (nSPS) is 21.1. The van der Waals surface area contributed by atoms with E-state index in [1.807, 2.05) is 0 Å². The van der Waals surface area contributed by atoms with Gasteiger partial charge in [-0.3, -0.25) is 0 Å². The molecule has 3 N–H and O–H groups in total. The van der Waals surface area contributed by atoms with E-state index in [2.05, 4.69) is 0 Å². The van der Waals surface area contributed by atoms with Crippen molar-refractivity contribution in [3.05, 3.63) is 29.8 Å². The van der Waals surface area contributed by atoms with E-state index in [0.29, 0.717) is 12.1 Å². The Morgan fingerprint density at radius 3 is 2.29 bits per heavy atom. The van der Waals surface area contributed by atoms with Crippen LogP contribution in [0.25, 0.3) is 0 Å². The summed E-state index contributed by atoms with van der Waals surface area (Å²) in [4.78, 5) is 0. The maximum absolute atomic E-state index is 14.6. The number of hydrogen-bond acceptors (Lipinski definition) is 2. The average Bonchev–Trinajstić information content (AvgIpc) is 2.39. The molecular weight excluding hydrogens is 217 g/mol. The molecule has 0 saturated heterocycles. The van der Waals surface area contributed by atoms with Crippen LogP contribution in [-0.4, -0.2) is 11.7 Å². The number of hydrogen-bond donors (Lipinski definition) is 2. The molecule has 0 amide bonds. The molecule has 2 rings (SSSR count). The first kappa shape index (κ1) is 12.4. The third-order valence-electron chi connectivity index (χ3n) is 3.98. The van der Waals surface area contributed by atoms with Crippen molar-refractivity contribution in [1.29, 1.82) is 0 Å². The maximum atomic E-state index is 14.6. The highest BCUT2D eigenvalue weighted by atomic mass is 19.1. The van der Waals surface area contributed by atoms with Gasteiger partial charge in [-0.2, -0.15) is 0 Å². The topological polar surface area (TPSA) is 46.2 Å². The standard InChI is InChI=1S/C14H20FNO/c15-13(11-4-6-12(17)7-5-11)14(10-16)8-2-1-3-9-14/h4-7,13,17H,1-3,8-10,16H2. The van der Waals surface area contributed by atoms with Gasteiger partial charge in [0.15, 0.2) is 0 Å². The quantitative estimate of drug-likeness (QED) is 0.847. The Kier molecular flexibility index (Phi) is 3.67. The van der Waals surface area contributed by atoms with Gasteiger partial charge in [-0.25, -0.2) is 4.39 Å². The fourth-order valence-electron chi connectivity index (χ4n) is 2.81. The van der Waals surface area contributed by atoms with Gasteiger partial charge in [-0.05, 0) is 30.5 Å². The molecule has 17 heavy (non-hydrogen) atoms. The molecule has 1 aromatic carbocycles. The molecule has 3 heteroatoms. The Morgan fingerprint density at radius 1 is 1.18 bits per heavy atom. The molecule has 1 atom stereocenters. The summed E-state index contributed by atoms with van der Waals surface area (Å²) in [5.74, 6) is 0.173. The summed E-state index contributed by atoms with van der Waals surface area (Å²) in [6.07, 6.45) is 4.03. The molecule has 94 valence electrons. The number of phenolic OH excluding ortho intramolecular Hbond substituents is 1. The van der Waals surface area contributed by atoms with E-state index in [-0.39, 0.29) is 5.75 Å². The lowest BCUT2D eigenvalue weighted by Gasteiger charge is -2.39. The second-order valence-corrected chi connectivity index (χ2v) is 5.08. The van der Waals surface area contributed by atoms with Crippen LogP contribution in [0.1, 0.15) is 43.8 Å². The number of halogens is 1. The summed E-state index contributed by atoms with van der Waals surface area (Å²) < 4.78 is 14.6. The molecule has 1 unspecified atom stereocenters. The summed E-state index contributed by atoms with van der Waals surface area (Å²) in [5.41, 5.74) is 6.06. The van der Waals surface area contributed by atoms with Gasteiger partial charge in [-0.1, -0.05) is 31.4 Å². The largest absolute Gasteiger partial charge is 0.508 e. The molecule has 0 spiro atoms. The fourth-order valence-corrected chi connectivity index (χ4v) is 2.81. The SMILES string of the molecule is NCC1(C(F)c2ccc(O)cc2)CCCCC1. The molecule has 0 bridgehead atoms. The van der Waals surface area contributed by atoms with Crippen LogP contribution in [0.2, 0.25) is 0 Å². The van der Waals surface area contributed by atoms with Crippen molar-refractivity contribution in [1.82, 2.24) is 0 Å². The van der Waals surface area contributed by atoms with E-state index in [1.54, 1.807) is 12.1 Å².